The van der Waals surface area contributed by atoms with E-state index in [4.69, 9.17) is 19.7 Å². The molecule has 7 nitrogen and oxygen atoms in total. The summed E-state index contributed by atoms with van der Waals surface area (Å²) in [4.78, 5) is 15.4. The standard InChI is InChI=1S/C64H38N6O/c1-7-21-53-43(14-1)44-15-2-8-22-54(44)68(53)41-31-33-65-61(37-41)70-57-25-11-5-18-47(57)48-34-39(28-30-58(48)70)40-27-29-50-60(35-40)71-59-26-12-6-19-49(59)64(50)51-20-13-32-66-62(51)63-52(64)36-42(38-67-63)69-55-23-9-3-16-45(55)46-17-4-10-24-56(46)69/h1-38H. The number of benzene rings is 8. The SMILES string of the molecule is c1ccc2c(c1)Oc1cc(-c3ccc4c(c3)c3ccccc3n4-c3cc(-n4c5ccccc5c5ccccc54)ccn3)ccc1C21c2cccnc2-c2ncc(-n3c4ccccc4c4ccccc43)cc21. The van der Waals surface area contributed by atoms with Crippen molar-refractivity contribution < 1.29 is 4.74 Å². The van der Waals surface area contributed by atoms with Crippen molar-refractivity contribution in [2.45, 2.75) is 5.41 Å². The highest BCUT2D eigenvalue weighted by Gasteiger charge is 2.52. The van der Waals surface area contributed by atoms with Crippen molar-refractivity contribution in [3.8, 4) is 51.2 Å². The van der Waals surface area contributed by atoms with Crippen LogP contribution in [-0.4, -0.2) is 28.7 Å². The highest BCUT2D eigenvalue weighted by molar-refractivity contribution is 6.12. The molecule has 2 aliphatic rings. The van der Waals surface area contributed by atoms with Gasteiger partial charge < -0.3 is 13.9 Å². The van der Waals surface area contributed by atoms with Crippen molar-refractivity contribution in [3.05, 3.63) is 253 Å². The molecule has 8 aromatic carbocycles. The Balaban J connectivity index is 0.866. The third-order valence-electron chi connectivity index (χ3n) is 15.3. The fourth-order valence-electron chi connectivity index (χ4n) is 12.4. The van der Waals surface area contributed by atoms with Gasteiger partial charge in [0, 0.05) is 67.5 Å². The second-order valence-electron chi connectivity index (χ2n) is 18.7. The fourth-order valence-corrected chi connectivity index (χ4v) is 12.4. The monoisotopic (exact) mass is 906 g/mol. The average molecular weight is 907 g/mol. The Morgan fingerprint density at radius 3 is 1.54 bits per heavy atom. The summed E-state index contributed by atoms with van der Waals surface area (Å²) < 4.78 is 14.0. The summed E-state index contributed by atoms with van der Waals surface area (Å²) in [5.74, 6) is 2.48. The number of pyridine rings is 3. The summed E-state index contributed by atoms with van der Waals surface area (Å²) in [6.45, 7) is 0. The minimum absolute atomic E-state index is 0.748. The summed E-state index contributed by atoms with van der Waals surface area (Å²) in [5, 5.41) is 7.19. The van der Waals surface area contributed by atoms with Gasteiger partial charge in [0.05, 0.1) is 67.5 Å². The first-order valence-corrected chi connectivity index (χ1v) is 24.1. The van der Waals surface area contributed by atoms with Crippen LogP contribution in [0.25, 0.3) is 105 Å². The molecule has 1 atom stereocenters. The number of hydrogen-bond acceptors (Lipinski definition) is 4. The zero-order valence-electron chi connectivity index (χ0n) is 38.0. The molecule has 7 heteroatoms. The van der Waals surface area contributed by atoms with Gasteiger partial charge >= 0.3 is 0 Å². The Kier molecular flexibility index (Phi) is 7.69. The average Bonchev–Trinajstić information content (AvgIpc) is 4.15. The lowest BCUT2D eigenvalue weighted by molar-refractivity contribution is 0.436. The molecular weight excluding hydrogens is 869 g/mol. The molecule has 7 heterocycles. The zero-order chi connectivity index (χ0) is 46.4. The van der Waals surface area contributed by atoms with Crippen LogP contribution in [0.2, 0.25) is 0 Å². The van der Waals surface area contributed by atoms with Crippen LogP contribution in [0, 0.1) is 0 Å². The van der Waals surface area contributed by atoms with Crippen molar-refractivity contribution >= 4 is 65.4 Å². The van der Waals surface area contributed by atoms with Gasteiger partial charge in [0.1, 0.15) is 17.3 Å². The highest BCUT2D eigenvalue weighted by Crippen LogP contribution is 2.62. The van der Waals surface area contributed by atoms with Gasteiger partial charge in [0.2, 0.25) is 0 Å². The molecule has 1 aliphatic heterocycles. The molecule has 1 unspecified atom stereocenters. The van der Waals surface area contributed by atoms with E-state index < -0.39 is 5.41 Å². The molecule has 0 amide bonds. The maximum atomic E-state index is 7.03. The lowest BCUT2D eigenvalue weighted by Gasteiger charge is -2.39. The Morgan fingerprint density at radius 1 is 0.324 bits per heavy atom. The second-order valence-corrected chi connectivity index (χ2v) is 18.7. The first kappa shape index (κ1) is 38.4. The van der Waals surface area contributed by atoms with Gasteiger partial charge in [-0.05, 0) is 89.5 Å². The molecule has 0 fully saturated rings. The van der Waals surface area contributed by atoms with Crippen molar-refractivity contribution in [3.63, 3.8) is 0 Å². The topological polar surface area (TPSA) is 62.7 Å². The summed E-state index contributed by atoms with van der Waals surface area (Å²) in [5.41, 5.74) is 16.3. The summed E-state index contributed by atoms with van der Waals surface area (Å²) in [7, 11) is 0. The van der Waals surface area contributed by atoms with Gasteiger partial charge in [-0.1, -0.05) is 133 Å². The molecule has 14 aromatic rings. The van der Waals surface area contributed by atoms with Crippen LogP contribution in [-0.2, 0) is 5.41 Å². The van der Waals surface area contributed by atoms with E-state index in [0.29, 0.717) is 0 Å². The van der Waals surface area contributed by atoms with E-state index in [2.05, 4.69) is 220 Å². The fraction of sp³-hybridized carbons (Fsp3) is 0.0156. The molecule has 0 N–H and O–H groups in total. The zero-order valence-corrected chi connectivity index (χ0v) is 38.0. The number of aromatic nitrogens is 6. The van der Waals surface area contributed by atoms with E-state index in [0.717, 1.165) is 106 Å². The molecule has 0 bridgehead atoms. The first-order valence-electron chi connectivity index (χ1n) is 24.1. The van der Waals surface area contributed by atoms with Crippen LogP contribution in [0.3, 0.4) is 0 Å². The van der Waals surface area contributed by atoms with E-state index in [-0.39, 0.29) is 0 Å². The lowest BCUT2D eigenvalue weighted by Crippen LogP contribution is -2.32. The van der Waals surface area contributed by atoms with Crippen LogP contribution < -0.4 is 4.74 Å². The highest BCUT2D eigenvalue weighted by atomic mass is 16.5. The molecule has 330 valence electrons. The quantitative estimate of drug-likeness (QED) is 0.176. The molecule has 0 radical (unpaired) electrons. The van der Waals surface area contributed by atoms with Crippen molar-refractivity contribution in [1.82, 2.24) is 28.7 Å². The Labute approximate surface area is 406 Å². The molecule has 0 saturated carbocycles. The van der Waals surface area contributed by atoms with Crippen LogP contribution >= 0.6 is 0 Å². The van der Waals surface area contributed by atoms with Crippen molar-refractivity contribution in [2.24, 2.45) is 0 Å². The van der Waals surface area contributed by atoms with Gasteiger partial charge in [-0.15, -0.1) is 0 Å². The minimum Gasteiger partial charge on any atom is -0.457 e. The predicted molar refractivity (Wildman–Crippen MR) is 286 cm³/mol. The molecule has 6 aromatic heterocycles. The summed E-state index contributed by atoms with van der Waals surface area (Å²) in [6.07, 6.45) is 5.82. The van der Waals surface area contributed by atoms with Crippen LogP contribution in [0.5, 0.6) is 11.5 Å². The van der Waals surface area contributed by atoms with E-state index in [1.165, 1.54) is 32.6 Å². The smallest absolute Gasteiger partial charge is 0.139 e. The summed E-state index contributed by atoms with van der Waals surface area (Å²) in [6, 6.07) is 76.2. The Morgan fingerprint density at radius 2 is 0.845 bits per heavy atom. The maximum absolute atomic E-state index is 7.03. The molecule has 71 heavy (non-hydrogen) atoms. The predicted octanol–water partition coefficient (Wildman–Crippen LogP) is 15.3. The molecule has 1 aliphatic carbocycles. The lowest BCUT2D eigenvalue weighted by atomic mass is 9.66. The molecule has 1 spiro atoms. The third-order valence-corrected chi connectivity index (χ3v) is 15.3. The Hall–Kier alpha value is -9.59. The van der Waals surface area contributed by atoms with Crippen LogP contribution in [0.15, 0.2) is 231 Å². The van der Waals surface area contributed by atoms with Gasteiger partial charge in [-0.3, -0.25) is 14.5 Å². The van der Waals surface area contributed by atoms with E-state index in [1.54, 1.807) is 0 Å². The van der Waals surface area contributed by atoms with Crippen LogP contribution in [0.4, 0.5) is 0 Å². The number of para-hydroxylation sites is 6. The number of fused-ring (bicyclic) bond motifs is 18. The number of ether oxygens (including phenoxy) is 1. The Bertz CT molecular complexity index is 4490. The maximum Gasteiger partial charge on any atom is 0.139 e. The minimum atomic E-state index is -0.748. The van der Waals surface area contributed by atoms with Gasteiger partial charge in [0.25, 0.3) is 0 Å². The second kappa shape index (κ2) is 14.2. The first-order chi connectivity index (χ1) is 35.2. The van der Waals surface area contributed by atoms with Gasteiger partial charge in [0.15, 0.2) is 0 Å². The molecular formula is C64H38N6O. The van der Waals surface area contributed by atoms with Crippen molar-refractivity contribution in [1.29, 1.82) is 0 Å². The van der Waals surface area contributed by atoms with Gasteiger partial charge in [-0.2, -0.15) is 0 Å². The summed E-state index contributed by atoms with van der Waals surface area (Å²) >= 11 is 0. The largest absolute Gasteiger partial charge is 0.457 e. The number of hydrogen-bond donors (Lipinski definition) is 0. The molecule has 16 rings (SSSR count). The normalized spacial score (nSPS) is 14.6. The number of nitrogens with zero attached hydrogens (tertiary/aromatic N) is 6. The third kappa shape index (κ3) is 5.13. The van der Waals surface area contributed by atoms with E-state index in [1.807, 2.05) is 24.7 Å². The molecule has 0 saturated heterocycles. The van der Waals surface area contributed by atoms with Crippen LogP contribution in [0.1, 0.15) is 22.3 Å². The van der Waals surface area contributed by atoms with E-state index >= 15 is 0 Å². The van der Waals surface area contributed by atoms with E-state index in [9.17, 15) is 0 Å². The van der Waals surface area contributed by atoms with Crippen molar-refractivity contribution in [2.75, 3.05) is 0 Å². The van der Waals surface area contributed by atoms with Gasteiger partial charge in [-0.25, -0.2) is 4.98 Å². The number of rotatable bonds is 4.